The van der Waals surface area contributed by atoms with Crippen LogP contribution in [0.5, 0.6) is 5.75 Å². The summed E-state index contributed by atoms with van der Waals surface area (Å²) in [6, 6.07) is 23.6. The molecule has 0 aliphatic carbocycles. The van der Waals surface area contributed by atoms with Gasteiger partial charge in [-0.1, -0.05) is 42.0 Å². The molecule has 3 aromatic rings. The average Bonchev–Trinajstić information content (AvgIpc) is 2.83. The molecule has 0 radical (unpaired) electrons. The molecule has 0 saturated heterocycles. The molecule has 0 aromatic heterocycles. The molecule has 34 heavy (non-hydrogen) atoms. The Labute approximate surface area is 198 Å². The number of anilines is 1. The Morgan fingerprint density at radius 2 is 1.50 bits per heavy atom. The molecule has 3 aromatic carbocycles. The van der Waals surface area contributed by atoms with E-state index in [4.69, 9.17) is 24.5 Å². The molecular weight excluding hydrogens is 436 g/mol. The average molecular weight is 465 g/mol. The van der Waals surface area contributed by atoms with Gasteiger partial charge in [-0.15, -0.1) is 0 Å². The van der Waals surface area contributed by atoms with Gasteiger partial charge in [0.25, 0.3) is 5.91 Å². The molecule has 3 rings (SSSR count). The number of carbonyl (C=O) groups excluding carboxylic acids is 1. The van der Waals surface area contributed by atoms with E-state index in [-0.39, 0.29) is 5.91 Å². The quantitative estimate of drug-likeness (QED) is 0.296. The minimum atomic E-state index is -1.82. The highest BCUT2D eigenvalue weighted by Gasteiger charge is 2.06. The molecule has 0 fully saturated rings. The Bertz CT molecular complexity index is 1080. The van der Waals surface area contributed by atoms with Crippen LogP contribution >= 0.6 is 0 Å². The molecule has 1 amide bonds. The van der Waals surface area contributed by atoms with Gasteiger partial charge in [-0.05, 0) is 67.4 Å². The van der Waals surface area contributed by atoms with Gasteiger partial charge in [0.2, 0.25) is 0 Å². The summed E-state index contributed by atoms with van der Waals surface area (Å²) in [7, 11) is 1.67. The number of carbonyl (C=O) groups is 3. The molecule has 0 saturated carbocycles. The van der Waals surface area contributed by atoms with Crippen LogP contribution in [0.3, 0.4) is 0 Å². The Hall–Kier alpha value is -4.17. The summed E-state index contributed by atoms with van der Waals surface area (Å²) in [5.41, 5.74) is 5.01. The molecule has 4 N–H and O–H groups in total. The third kappa shape index (κ3) is 9.13. The smallest absolute Gasteiger partial charge is 0.414 e. The molecule has 0 atom stereocenters. The van der Waals surface area contributed by atoms with Gasteiger partial charge in [0.1, 0.15) is 5.75 Å². The highest BCUT2D eigenvalue weighted by Crippen LogP contribution is 2.14. The zero-order valence-corrected chi connectivity index (χ0v) is 19.1. The highest BCUT2D eigenvalue weighted by atomic mass is 16.5. The van der Waals surface area contributed by atoms with Crippen molar-refractivity contribution < 1.29 is 29.3 Å². The number of hydrogen-bond donors (Lipinski definition) is 4. The first-order chi connectivity index (χ1) is 16.3. The fourth-order valence-corrected chi connectivity index (χ4v) is 2.92. The highest BCUT2D eigenvalue weighted by molar-refractivity contribution is 6.27. The number of amides is 1. The van der Waals surface area contributed by atoms with Gasteiger partial charge in [-0.3, -0.25) is 4.79 Å². The molecule has 8 heteroatoms. The monoisotopic (exact) mass is 464 g/mol. The SMILES string of the molecule is COc1ccc(CCNCc2cccc(NC(=O)c3ccc(C)cc3)c2)cc1.O=C(O)C(=O)O. The van der Waals surface area contributed by atoms with Crippen molar-refractivity contribution in [1.82, 2.24) is 5.32 Å². The van der Waals surface area contributed by atoms with E-state index in [1.807, 2.05) is 61.5 Å². The lowest BCUT2D eigenvalue weighted by Gasteiger charge is -2.09. The van der Waals surface area contributed by atoms with Crippen LogP contribution in [-0.4, -0.2) is 41.7 Å². The van der Waals surface area contributed by atoms with Gasteiger partial charge in [0.05, 0.1) is 7.11 Å². The summed E-state index contributed by atoms with van der Waals surface area (Å²) in [6.07, 6.45) is 0.952. The van der Waals surface area contributed by atoms with Crippen molar-refractivity contribution in [3.63, 3.8) is 0 Å². The van der Waals surface area contributed by atoms with Crippen molar-refractivity contribution in [3.8, 4) is 5.75 Å². The predicted octanol–water partition coefficient (Wildman–Crippen LogP) is 3.74. The maximum atomic E-state index is 12.4. The maximum Gasteiger partial charge on any atom is 0.414 e. The molecule has 0 heterocycles. The minimum absolute atomic E-state index is 0.0929. The zero-order chi connectivity index (χ0) is 24.9. The lowest BCUT2D eigenvalue weighted by molar-refractivity contribution is -0.159. The first-order valence-electron chi connectivity index (χ1n) is 10.6. The van der Waals surface area contributed by atoms with Crippen molar-refractivity contribution in [2.75, 3.05) is 19.0 Å². The summed E-state index contributed by atoms with van der Waals surface area (Å²) in [5, 5.41) is 21.2. The Morgan fingerprint density at radius 1 is 0.853 bits per heavy atom. The van der Waals surface area contributed by atoms with E-state index in [1.54, 1.807) is 7.11 Å². The molecule has 0 aliphatic rings. The van der Waals surface area contributed by atoms with Crippen LogP contribution in [0.1, 0.15) is 27.0 Å². The van der Waals surface area contributed by atoms with Crippen LogP contribution in [-0.2, 0) is 22.6 Å². The summed E-state index contributed by atoms with van der Waals surface area (Å²) in [6.45, 7) is 3.64. The Balaban J connectivity index is 0.000000604. The number of benzene rings is 3. The van der Waals surface area contributed by atoms with Crippen molar-refractivity contribution in [2.45, 2.75) is 19.9 Å². The predicted molar refractivity (Wildman–Crippen MR) is 129 cm³/mol. The second-order valence-corrected chi connectivity index (χ2v) is 7.41. The van der Waals surface area contributed by atoms with Gasteiger partial charge >= 0.3 is 11.9 Å². The normalized spacial score (nSPS) is 9.94. The van der Waals surface area contributed by atoms with Crippen molar-refractivity contribution in [3.05, 3.63) is 95.1 Å². The van der Waals surface area contributed by atoms with E-state index in [0.29, 0.717) is 5.56 Å². The lowest BCUT2D eigenvalue weighted by Crippen LogP contribution is -2.17. The summed E-state index contributed by atoms with van der Waals surface area (Å²) < 4.78 is 5.18. The van der Waals surface area contributed by atoms with Gasteiger partial charge in [-0.25, -0.2) is 9.59 Å². The Morgan fingerprint density at radius 3 is 2.09 bits per heavy atom. The standard InChI is InChI=1S/C24H26N2O2.C2H2O4/c1-18-6-10-21(11-7-18)24(27)26-22-5-3-4-20(16-22)17-25-15-14-19-8-12-23(28-2)13-9-19;3-1(4)2(5)6/h3-13,16,25H,14-15,17H2,1-2H3,(H,26,27);(H,3,4)(H,5,6). The number of carboxylic acid groups (broad SMARTS) is 2. The fourth-order valence-electron chi connectivity index (χ4n) is 2.92. The molecule has 0 aliphatic heterocycles. The topological polar surface area (TPSA) is 125 Å². The summed E-state index contributed by atoms with van der Waals surface area (Å²) in [5.74, 6) is -2.86. The summed E-state index contributed by atoms with van der Waals surface area (Å²) in [4.78, 5) is 30.6. The molecule has 8 nitrogen and oxygen atoms in total. The van der Waals surface area contributed by atoms with E-state index >= 15 is 0 Å². The molecule has 178 valence electrons. The second-order valence-electron chi connectivity index (χ2n) is 7.41. The Kier molecular flexibility index (Phi) is 10.3. The van der Waals surface area contributed by atoms with Gasteiger partial charge < -0.3 is 25.6 Å². The van der Waals surface area contributed by atoms with Crippen molar-refractivity contribution in [1.29, 1.82) is 0 Å². The number of hydrogen-bond acceptors (Lipinski definition) is 5. The van der Waals surface area contributed by atoms with E-state index in [1.165, 1.54) is 5.56 Å². The van der Waals surface area contributed by atoms with Crippen LogP contribution in [0.25, 0.3) is 0 Å². The van der Waals surface area contributed by atoms with Crippen LogP contribution in [0, 0.1) is 6.92 Å². The molecule has 0 bridgehead atoms. The van der Waals surface area contributed by atoms with Crippen LogP contribution in [0.2, 0.25) is 0 Å². The van der Waals surface area contributed by atoms with E-state index in [0.717, 1.165) is 42.1 Å². The van der Waals surface area contributed by atoms with Crippen molar-refractivity contribution >= 4 is 23.5 Å². The largest absolute Gasteiger partial charge is 0.497 e. The number of aryl methyl sites for hydroxylation is 1. The maximum absolute atomic E-state index is 12.4. The zero-order valence-electron chi connectivity index (χ0n) is 19.1. The third-order valence-electron chi connectivity index (χ3n) is 4.76. The number of ether oxygens (including phenoxy) is 1. The molecular formula is C26H28N2O6. The first-order valence-corrected chi connectivity index (χ1v) is 10.6. The number of carboxylic acids is 2. The van der Waals surface area contributed by atoms with Crippen LogP contribution < -0.4 is 15.4 Å². The van der Waals surface area contributed by atoms with E-state index in [2.05, 4.69) is 28.8 Å². The van der Waals surface area contributed by atoms with Gasteiger partial charge in [0, 0.05) is 17.8 Å². The van der Waals surface area contributed by atoms with Crippen LogP contribution in [0.15, 0.2) is 72.8 Å². The van der Waals surface area contributed by atoms with Gasteiger partial charge in [0.15, 0.2) is 0 Å². The van der Waals surface area contributed by atoms with Crippen molar-refractivity contribution in [2.24, 2.45) is 0 Å². The minimum Gasteiger partial charge on any atom is -0.497 e. The van der Waals surface area contributed by atoms with Crippen LogP contribution in [0.4, 0.5) is 5.69 Å². The number of nitrogens with one attached hydrogen (secondary N) is 2. The fraction of sp³-hybridized carbons (Fsp3) is 0.192. The summed E-state index contributed by atoms with van der Waals surface area (Å²) >= 11 is 0. The molecule has 0 unspecified atom stereocenters. The van der Waals surface area contributed by atoms with E-state index < -0.39 is 11.9 Å². The van der Waals surface area contributed by atoms with Gasteiger partial charge in [-0.2, -0.15) is 0 Å². The number of rotatable bonds is 8. The van der Waals surface area contributed by atoms with E-state index in [9.17, 15) is 4.79 Å². The first kappa shape index (κ1) is 26.1. The molecule has 0 spiro atoms. The number of methoxy groups -OCH3 is 1. The number of aliphatic carboxylic acids is 2. The lowest BCUT2D eigenvalue weighted by atomic mass is 10.1. The second kappa shape index (κ2) is 13.4. The third-order valence-corrected chi connectivity index (χ3v) is 4.76.